The number of amides is 1. The number of hydrogen-bond donors (Lipinski definition) is 1. The summed E-state index contributed by atoms with van der Waals surface area (Å²) in [7, 11) is 0. The minimum absolute atomic E-state index is 0.299. The lowest BCUT2D eigenvalue weighted by atomic mass is 10.0. The van der Waals surface area contributed by atoms with Gasteiger partial charge in [-0.2, -0.15) is 0 Å². The first-order chi connectivity index (χ1) is 9.76. The maximum Gasteiger partial charge on any atom is 0.407 e. The van der Waals surface area contributed by atoms with Crippen molar-refractivity contribution in [1.82, 2.24) is 5.32 Å². The first kappa shape index (κ1) is 13.4. The number of nitrogens with one attached hydrogen (secondary N) is 1. The molecule has 0 aromatic heterocycles. The van der Waals surface area contributed by atoms with Gasteiger partial charge in [-0.3, -0.25) is 0 Å². The summed E-state index contributed by atoms with van der Waals surface area (Å²) in [5.74, 6) is 0.387. The fraction of sp³-hybridized carbons (Fsp3) is 0.533. The van der Waals surface area contributed by atoms with Gasteiger partial charge in [0.1, 0.15) is 12.2 Å². The molecule has 20 heavy (non-hydrogen) atoms. The zero-order valence-electron chi connectivity index (χ0n) is 11.3. The molecule has 1 amide bonds. The summed E-state index contributed by atoms with van der Waals surface area (Å²) in [6.45, 7) is 1.62. The molecule has 1 spiro atoms. The highest BCUT2D eigenvalue weighted by atomic mass is 17.2. The second-order valence-corrected chi connectivity index (χ2v) is 5.57. The number of rotatable bonds is 5. The van der Waals surface area contributed by atoms with E-state index in [0.29, 0.717) is 25.7 Å². The molecular weight excluding hydrogens is 258 g/mol. The normalized spacial score (nSPS) is 28.6. The number of benzene rings is 1. The summed E-state index contributed by atoms with van der Waals surface area (Å²) in [5.41, 5.74) is 0.786. The summed E-state index contributed by atoms with van der Waals surface area (Å²) in [5, 5.41) is 2.73. The van der Waals surface area contributed by atoms with Crippen molar-refractivity contribution in [2.75, 3.05) is 13.2 Å². The maximum absolute atomic E-state index is 11.1. The van der Waals surface area contributed by atoms with Crippen LogP contribution in [-0.2, 0) is 21.1 Å². The number of ether oxygens (including phenoxy) is 1. The zero-order chi connectivity index (χ0) is 13.8. The van der Waals surface area contributed by atoms with Crippen molar-refractivity contribution in [3.63, 3.8) is 0 Å². The van der Waals surface area contributed by atoms with E-state index in [1.807, 2.05) is 30.3 Å². The molecule has 1 aromatic carbocycles. The number of carbonyl (C=O) groups excluding carboxylic acids is 1. The van der Waals surface area contributed by atoms with Gasteiger partial charge in [-0.25, -0.2) is 14.6 Å². The fourth-order valence-corrected chi connectivity index (χ4v) is 2.92. The Balaban J connectivity index is 1.37. The number of hydrogen-bond acceptors (Lipinski definition) is 4. The van der Waals surface area contributed by atoms with E-state index < -0.39 is 0 Å². The molecule has 5 heteroatoms. The highest BCUT2D eigenvalue weighted by Gasteiger charge is 2.46. The van der Waals surface area contributed by atoms with Crippen LogP contribution >= 0.6 is 0 Å². The average Bonchev–Trinajstić information content (AvgIpc) is 3.03. The van der Waals surface area contributed by atoms with Gasteiger partial charge in [-0.1, -0.05) is 30.3 Å². The van der Waals surface area contributed by atoms with Crippen molar-refractivity contribution in [1.29, 1.82) is 0 Å². The molecule has 3 rings (SSSR count). The standard InChI is InChI=1S/C15H19NO4/c17-14-16-11-15(20-14)7-6-13(8-15)10-19-18-9-12-4-2-1-3-5-12/h1-5,13H,6-11H2,(H,16,17)/t13-,15?/m1/s1. The lowest BCUT2D eigenvalue weighted by Gasteiger charge is -2.19. The topological polar surface area (TPSA) is 56.8 Å². The highest BCUT2D eigenvalue weighted by molar-refractivity contribution is 5.70. The third-order valence-electron chi connectivity index (χ3n) is 3.99. The largest absolute Gasteiger partial charge is 0.441 e. The molecule has 1 unspecified atom stereocenters. The molecule has 1 aliphatic carbocycles. The maximum atomic E-state index is 11.1. The molecule has 1 heterocycles. The Kier molecular flexibility index (Phi) is 3.89. The second-order valence-electron chi connectivity index (χ2n) is 5.57. The molecule has 108 valence electrons. The Morgan fingerprint density at radius 2 is 2.15 bits per heavy atom. The SMILES string of the molecule is O=C1NCC2(CC[C@@H](COOCc3ccccc3)C2)O1. The molecule has 1 N–H and O–H groups in total. The predicted octanol–water partition coefficient (Wildman–Crippen LogP) is 2.41. The Morgan fingerprint density at radius 3 is 2.90 bits per heavy atom. The van der Waals surface area contributed by atoms with Gasteiger partial charge >= 0.3 is 6.09 Å². The molecule has 1 aromatic rings. The summed E-state index contributed by atoms with van der Waals surface area (Å²) in [4.78, 5) is 21.7. The van der Waals surface area contributed by atoms with Crippen LogP contribution in [0.15, 0.2) is 30.3 Å². The van der Waals surface area contributed by atoms with Gasteiger partial charge in [0.05, 0.1) is 13.2 Å². The van der Waals surface area contributed by atoms with E-state index in [1.54, 1.807) is 0 Å². The van der Waals surface area contributed by atoms with Crippen LogP contribution in [0.2, 0.25) is 0 Å². The third kappa shape index (κ3) is 3.11. The van der Waals surface area contributed by atoms with E-state index in [-0.39, 0.29) is 11.7 Å². The quantitative estimate of drug-likeness (QED) is 0.510. The first-order valence-electron chi connectivity index (χ1n) is 7.01. The minimum Gasteiger partial charge on any atom is -0.441 e. The van der Waals surface area contributed by atoms with E-state index in [1.165, 1.54) is 0 Å². The smallest absolute Gasteiger partial charge is 0.407 e. The molecule has 2 fully saturated rings. The van der Waals surface area contributed by atoms with Gasteiger partial charge in [0, 0.05) is 0 Å². The first-order valence-corrected chi connectivity index (χ1v) is 7.01. The van der Waals surface area contributed by atoms with Crippen molar-refractivity contribution >= 4 is 6.09 Å². The van der Waals surface area contributed by atoms with Gasteiger partial charge in [0.15, 0.2) is 0 Å². The van der Waals surface area contributed by atoms with Crippen molar-refractivity contribution in [3.05, 3.63) is 35.9 Å². The molecule has 2 aliphatic rings. The van der Waals surface area contributed by atoms with Gasteiger partial charge in [0.2, 0.25) is 0 Å². The molecule has 2 atom stereocenters. The second kappa shape index (κ2) is 5.81. The minimum atomic E-state index is -0.301. The molecule has 0 bridgehead atoms. The monoisotopic (exact) mass is 277 g/mol. The lowest BCUT2D eigenvalue weighted by molar-refractivity contribution is -0.310. The van der Waals surface area contributed by atoms with Crippen LogP contribution in [-0.4, -0.2) is 24.8 Å². The Labute approximate surface area is 118 Å². The van der Waals surface area contributed by atoms with Crippen molar-refractivity contribution in [3.8, 4) is 0 Å². The van der Waals surface area contributed by atoms with Crippen molar-refractivity contribution in [2.45, 2.75) is 31.5 Å². The van der Waals surface area contributed by atoms with E-state index in [2.05, 4.69) is 5.32 Å². The summed E-state index contributed by atoms with van der Waals surface area (Å²) < 4.78 is 5.37. The molecular formula is C15H19NO4. The van der Waals surface area contributed by atoms with Crippen molar-refractivity contribution in [2.24, 2.45) is 5.92 Å². The van der Waals surface area contributed by atoms with E-state index in [0.717, 1.165) is 24.8 Å². The summed E-state index contributed by atoms with van der Waals surface area (Å²) in [6, 6.07) is 9.91. The lowest BCUT2D eigenvalue weighted by Crippen LogP contribution is -2.30. The molecule has 1 saturated heterocycles. The predicted molar refractivity (Wildman–Crippen MR) is 71.7 cm³/mol. The van der Waals surface area contributed by atoms with Crippen LogP contribution in [0.3, 0.4) is 0 Å². The Hall–Kier alpha value is -1.59. The summed E-state index contributed by atoms with van der Waals surface area (Å²) >= 11 is 0. The van der Waals surface area contributed by atoms with Gasteiger partial charge in [-0.05, 0) is 30.7 Å². The van der Waals surface area contributed by atoms with Crippen LogP contribution in [0, 0.1) is 5.92 Å². The average molecular weight is 277 g/mol. The highest BCUT2D eigenvalue weighted by Crippen LogP contribution is 2.39. The molecule has 0 radical (unpaired) electrons. The number of alkyl carbamates (subject to hydrolysis) is 1. The van der Waals surface area contributed by atoms with Crippen molar-refractivity contribution < 1.29 is 19.3 Å². The Bertz CT molecular complexity index is 464. The molecule has 1 saturated carbocycles. The van der Waals surface area contributed by atoms with Crippen LogP contribution < -0.4 is 5.32 Å². The fourth-order valence-electron chi connectivity index (χ4n) is 2.92. The van der Waals surface area contributed by atoms with E-state index in [9.17, 15) is 4.79 Å². The zero-order valence-corrected chi connectivity index (χ0v) is 11.3. The van der Waals surface area contributed by atoms with Gasteiger partial charge < -0.3 is 10.1 Å². The van der Waals surface area contributed by atoms with Gasteiger partial charge in [-0.15, -0.1) is 0 Å². The third-order valence-corrected chi connectivity index (χ3v) is 3.99. The van der Waals surface area contributed by atoms with Gasteiger partial charge in [0.25, 0.3) is 0 Å². The van der Waals surface area contributed by atoms with E-state index in [4.69, 9.17) is 14.5 Å². The van der Waals surface area contributed by atoms with Crippen LogP contribution in [0.5, 0.6) is 0 Å². The molecule has 1 aliphatic heterocycles. The van der Waals surface area contributed by atoms with Crippen LogP contribution in [0.25, 0.3) is 0 Å². The Morgan fingerprint density at radius 1 is 1.30 bits per heavy atom. The van der Waals surface area contributed by atoms with E-state index >= 15 is 0 Å². The van der Waals surface area contributed by atoms with Crippen LogP contribution in [0.4, 0.5) is 4.79 Å². The number of carbonyl (C=O) groups is 1. The summed E-state index contributed by atoms with van der Waals surface area (Å²) in [6.07, 6.45) is 2.45. The van der Waals surface area contributed by atoms with Crippen LogP contribution in [0.1, 0.15) is 24.8 Å². The molecule has 5 nitrogen and oxygen atoms in total.